The average molecular weight is 370 g/mol. The largest absolute Gasteiger partial charge is 0.360 e. The lowest BCUT2D eigenvalue weighted by molar-refractivity contribution is -0.126. The first kappa shape index (κ1) is 16.9. The second-order valence-corrected chi connectivity index (χ2v) is 7.85. The van der Waals surface area contributed by atoms with Gasteiger partial charge < -0.3 is 9.84 Å². The molecule has 1 unspecified atom stereocenters. The standard InChI is InChI=1S/C15H16ClN3O4S/c1-10-8-11(23-18-10)9-24(21,22)19-7-6-17-15(20)14(19)12-4-2-3-5-13(12)16/h2-5,8,14H,6-7,9H2,1H3,(H,17,20). The molecule has 0 radical (unpaired) electrons. The molecular weight excluding hydrogens is 354 g/mol. The maximum Gasteiger partial charge on any atom is 0.243 e. The van der Waals surface area contributed by atoms with Crippen LogP contribution in [0, 0.1) is 6.92 Å². The molecular formula is C15H16ClN3O4S. The minimum atomic E-state index is -3.79. The van der Waals surface area contributed by atoms with E-state index in [9.17, 15) is 13.2 Å². The van der Waals surface area contributed by atoms with Gasteiger partial charge in [-0.3, -0.25) is 4.79 Å². The van der Waals surface area contributed by atoms with Gasteiger partial charge in [-0.1, -0.05) is 35.0 Å². The quantitative estimate of drug-likeness (QED) is 0.884. The van der Waals surface area contributed by atoms with Crippen molar-refractivity contribution in [3.8, 4) is 0 Å². The Bertz CT molecular complexity index is 865. The summed E-state index contributed by atoms with van der Waals surface area (Å²) in [6.07, 6.45) is 0. The highest BCUT2D eigenvalue weighted by atomic mass is 35.5. The molecule has 2 aromatic rings. The van der Waals surface area contributed by atoms with E-state index < -0.39 is 22.0 Å². The van der Waals surface area contributed by atoms with Crippen LogP contribution in [0.3, 0.4) is 0 Å². The van der Waals surface area contributed by atoms with Gasteiger partial charge >= 0.3 is 0 Å². The number of nitrogens with one attached hydrogen (secondary N) is 1. The highest BCUT2D eigenvalue weighted by Gasteiger charge is 2.40. The first-order chi connectivity index (χ1) is 11.4. The number of carbonyl (C=O) groups is 1. The average Bonchev–Trinajstić information content (AvgIpc) is 2.92. The Morgan fingerprint density at radius 2 is 2.17 bits per heavy atom. The molecule has 1 saturated heterocycles. The van der Waals surface area contributed by atoms with Gasteiger partial charge in [-0.2, -0.15) is 4.31 Å². The van der Waals surface area contributed by atoms with E-state index in [0.29, 0.717) is 16.3 Å². The molecule has 1 amide bonds. The third-order valence-electron chi connectivity index (χ3n) is 3.73. The van der Waals surface area contributed by atoms with Crippen LogP contribution in [-0.4, -0.2) is 36.9 Å². The number of sulfonamides is 1. The Kier molecular flexibility index (Phi) is 4.62. The third kappa shape index (κ3) is 3.31. The zero-order valence-electron chi connectivity index (χ0n) is 12.9. The smallest absolute Gasteiger partial charge is 0.243 e. The number of piperazine rings is 1. The maximum absolute atomic E-state index is 12.8. The number of rotatable bonds is 4. The summed E-state index contributed by atoms with van der Waals surface area (Å²) in [4.78, 5) is 12.3. The summed E-state index contributed by atoms with van der Waals surface area (Å²) in [6, 6.07) is 7.28. The Labute approximate surface area is 144 Å². The Morgan fingerprint density at radius 3 is 2.83 bits per heavy atom. The van der Waals surface area contributed by atoms with E-state index in [1.165, 1.54) is 4.31 Å². The molecule has 1 aliphatic rings. The number of amides is 1. The molecule has 1 aromatic carbocycles. The molecule has 1 aliphatic heterocycles. The fourth-order valence-corrected chi connectivity index (χ4v) is 4.49. The number of aromatic nitrogens is 1. The summed E-state index contributed by atoms with van der Waals surface area (Å²) in [6.45, 7) is 2.12. The van der Waals surface area contributed by atoms with Crippen LogP contribution >= 0.6 is 11.6 Å². The summed E-state index contributed by atoms with van der Waals surface area (Å²) in [5.74, 6) is -0.523. The molecule has 2 heterocycles. The van der Waals surface area contributed by atoms with E-state index in [2.05, 4.69) is 10.5 Å². The van der Waals surface area contributed by atoms with Gasteiger partial charge in [0, 0.05) is 24.2 Å². The predicted octanol–water partition coefficient (Wildman–Crippen LogP) is 1.64. The molecule has 1 atom stereocenters. The molecule has 1 aromatic heterocycles. The van der Waals surface area contributed by atoms with Crippen molar-refractivity contribution >= 4 is 27.5 Å². The van der Waals surface area contributed by atoms with Crippen molar-refractivity contribution in [2.75, 3.05) is 13.1 Å². The van der Waals surface area contributed by atoms with Crippen LogP contribution in [-0.2, 0) is 20.6 Å². The minimum Gasteiger partial charge on any atom is -0.360 e. The Hall–Kier alpha value is -1.90. The molecule has 1 N–H and O–H groups in total. The highest BCUT2D eigenvalue weighted by Crippen LogP contribution is 2.32. The van der Waals surface area contributed by atoms with Crippen LogP contribution in [0.15, 0.2) is 34.9 Å². The second kappa shape index (κ2) is 6.54. The van der Waals surface area contributed by atoms with Crippen LogP contribution in [0.4, 0.5) is 0 Å². The lowest BCUT2D eigenvalue weighted by Crippen LogP contribution is -2.52. The Morgan fingerprint density at radius 1 is 1.42 bits per heavy atom. The molecule has 128 valence electrons. The molecule has 24 heavy (non-hydrogen) atoms. The van der Waals surface area contributed by atoms with Gasteiger partial charge in [0.25, 0.3) is 0 Å². The van der Waals surface area contributed by atoms with E-state index >= 15 is 0 Å². The summed E-state index contributed by atoms with van der Waals surface area (Å²) >= 11 is 6.17. The van der Waals surface area contributed by atoms with E-state index in [-0.39, 0.29) is 24.6 Å². The second-order valence-electron chi connectivity index (χ2n) is 5.52. The lowest BCUT2D eigenvalue weighted by atomic mass is 10.0. The van der Waals surface area contributed by atoms with Crippen molar-refractivity contribution in [1.29, 1.82) is 0 Å². The summed E-state index contributed by atoms with van der Waals surface area (Å²) < 4.78 is 31.8. The summed E-state index contributed by atoms with van der Waals surface area (Å²) in [5.41, 5.74) is 1.05. The van der Waals surface area contributed by atoms with Gasteiger partial charge in [-0.25, -0.2) is 8.42 Å². The number of nitrogens with zero attached hydrogens (tertiary/aromatic N) is 2. The number of aryl methyl sites for hydroxylation is 1. The number of carbonyl (C=O) groups excluding carboxylic acids is 1. The van der Waals surface area contributed by atoms with E-state index in [0.717, 1.165) is 0 Å². The normalized spacial score (nSPS) is 19.2. The van der Waals surface area contributed by atoms with E-state index in [1.807, 2.05) is 0 Å². The fourth-order valence-electron chi connectivity index (χ4n) is 2.69. The first-order valence-electron chi connectivity index (χ1n) is 7.32. The van der Waals surface area contributed by atoms with Crippen LogP contribution in [0.1, 0.15) is 23.1 Å². The summed E-state index contributed by atoms with van der Waals surface area (Å²) in [5, 5.41) is 6.73. The lowest BCUT2D eigenvalue weighted by Gasteiger charge is -2.34. The zero-order chi connectivity index (χ0) is 17.3. The molecule has 1 fully saturated rings. The van der Waals surface area contributed by atoms with Crippen LogP contribution in [0.5, 0.6) is 0 Å². The SMILES string of the molecule is Cc1cc(CS(=O)(=O)N2CCNC(=O)C2c2ccccc2Cl)on1. The number of halogens is 1. The monoisotopic (exact) mass is 369 g/mol. The molecule has 0 saturated carbocycles. The topological polar surface area (TPSA) is 92.5 Å². The van der Waals surface area contributed by atoms with Crippen molar-refractivity contribution < 1.29 is 17.7 Å². The third-order valence-corrected chi connectivity index (χ3v) is 5.83. The molecule has 3 rings (SSSR count). The van der Waals surface area contributed by atoms with Crippen LogP contribution < -0.4 is 5.32 Å². The maximum atomic E-state index is 12.8. The number of benzene rings is 1. The van der Waals surface area contributed by atoms with Gasteiger partial charge in [0.05, 0.1) is 5.69 Å². The molecule has 0 aliphatic carbocycles. The van der Waals surface area contributed by atoms with Gasteiger partial charge in [-0.05, 0) is 18.6 Å². The van der Waals surface area contributed by atoms with Crippen molar-refractivity contribution in [2.24, 2.45) is 0 Å². The van der Waals surface area contributed by atoms with E-state index in [1.54, 1.807) is 37.3 Å². The van der Waals surface area contributed by atoms with Gasteiger partial charge in [0.2, 0.25) is 15.9 Å². The van der Waals surface area contributed by atoms with Crippen LogP contribution in [0.2, 0.25) is 5.02 Å². The highest BCUT2D eigenvalue weighted by molar-refractivity contribution is 7.88. The molecule has 0 bridgehead atoms. The summed E-state index contributed by atoms with van der Waals surface area (Å²) in [7, 11) is -3.79. The van der Waals surface area contributed by atoms with Gasteiger partial charge in [0.1, 0.15) is 11.8 Å². The van der Waals surface area contributed by atoms with Crippen LogP contribution in [0.25, 0.3) is 0 Å². The minimum absolute atomic E-state index is 0.164. The van der Waals surface area contributed by atoms with Gasteiger partial charge in [-0.15, -0.1) is 0 Å². The zero-order valence-corrected chi connectivity index (χ0v) is 14.5. The van der Waals surface area contributed by atoms with Crippen molar-refractivity contribution in [3.63, 3.8) is 0 Å². The van der Waals surface area contributed by atoms with Crippen molar-refractivity contribution in [2.45, 2.75) is 18.7 Å². The molecule has 9 heteroatoms. The Balaban J connectivity index is 1.97. The predicted molar refractivity (Wildman–Crippen MR) is 87.8 cm³/mol. The first-order valence-corrected chi connectivity index (χ1v) is 9.31. The number of hydrogen-bond donors (Lipinski definition) is 1. The van der Waals surface area contributed by atoms with E-state index in [4.69, 9.17) is 16.1 Å². The fraction of sp³-hybridized carbons (Fsp3) is 0.333. The van der Waals surface area contributed by atoms with Gasteiger partial charge in [0.15, 0.2) is 5.76 Å². The number of hydrogen-bond acceptors (Lipinski definition) is 5. The molecule has 0 spiro atoms. The van der Waals surface area contributed by atoms with Crippen molar-refractivity contribution in [1.82, 2.24) is 14.8 Å². The molecule has 7 nitrogen and oxygen atoms in total. The van der Waals surface area contributed by atoms with Crippen molar-refractivity contribution in [3.05, 3.63) is 52.4 Å².